The van der Waals surface area contributed by atoms with E-state index >= 15 is 0 Å². The number of aliphatic hydroxyl groups excluding tert-OH is 1. The van der Waals surface area contributed by atoms with Gasteiger partial charge in [0.2, 0.25) is 0 Å². The molecule has 1 aliphatic heterocycles. The Morgan fingerprint density at radius 3 is 2.72 bits per heavy atom. The summed E-state index contributed by atoms with van der Waals surface area (Å²) in [6, 6.07) is 6.83. The van der Waals surface area contributed by atoms with Gasteiger partial charge < -0.3 is 5.11 Å². The highest BCUT2D eigenvalue weighted by Crippen LogP contribution is 2.31. The number of aliphatic hydroxyl groups is 1. The van der Waals surface area contributed by atoms with Crippen molar-refractivity contribution in [2.45, 2.75) is 24.6 Å². The number of hydrogen-bond donors (Lipinski definition) is 1. The molecule has 0 radical (unpaired) electrons. The Morgan fingerprint density at radius 1 is 1.24 bits per heavy atom. The average Bonchev–Trinajstić information content (AvgIpc) is 3.03. The zero-order valence-corrected chi connectivity index (χ0v) is 13.2. The number of halogens is 4. The Morgan fingerprint density at radius 2 is 2.00 bits per heavy atom. The largest absolute Gasteiger partial charge is 0.433 e. The standard InChI is InChI=1S/C17H17F4N3O/c18-13-4-2-1-3-12(13)14(25)10-24-8-6-11(9-24)16-22-7-5-15(23-16)17(19,20)21/h1-5,7,11,14,25H,6,8-10H2. The zero-order chi connectivity index (χ0) is 18.0. The van der Waals surface area contributed by atoms with Crippen LogP contribution in [0.3, 0.4) is 0 Å². The molecule has 1 aromatic carbocycles. The molecule has 134 valence electrons. The summed E-state index contributed by atoms with van der Waals surface area (Å²) in [5, 5.41) is 10.2. The van der Waals surface area contributed by atoms with E-state index in [-0.39, 0.29) is 23.9 Å². The maximum atomic E-state index is 13.7. The molecule has 2 aromatic rings. The summed E-state index contributed by atoms with van der Waals surface area (Å²) in [4.78, 5) is 9.47. The van der Waals surface area contributed by atoms with E-state index in [1.54, 1.807) is 12.1 Å². The van der Waals surface area contributed by atoms with E-state index in [0.717, 1.165) is 12.3 Å². The lowest BCUT2D eigenvalue weighted by molar-refractivity contribution is -0.141. The van der Waals surface area contributed by atoms with Crippen molar-refractivity contribution in [1.29, 1.82) is 0 Å². The van der Waals surface area contributed by atoms with Crippen molar-refractivity contribution in [2.24, 2.45) is 0 Å². The molecule has 0 aliphatic carbocycles. The smallest absolute Gasteiger partial charge is 0.387 e. The fourth-order valence-corrected chi connectivity index (χ4v) is 3.03. The van der Waals surface area contributed by atoms with Gasteiger partial charge in [-0.25, -0.2) is 14.4 Å². The molecule has 1 N–H and O–H groups in total. The molecule has 1 aliphatic rings. The van der Waals surface area contributed by atoms with Gasteiger partial charge in [0.05, 0.1) is 6.10 Å². The Balaban J connectivity index is 1.65. The molecule has 2 atom stereocenters. The number of benzene rings is 1. The fraction of sp³-hybridized carbons (Fsp3) is 0.412. The first-order chi connectivity index (χ1) is 11.8. The second kappa shape index (κ2) is 7.05. The van der Waals surface area contributed by atoms with E-state index in [2.05, 4.69) is 9.97 Å². The molecular weight excluding hydrogens is 338 g/mol. The number of β-amino-alcohol motifs (C(OH)–C–C–N with tert-alkyl or cyclic N) is 1. The van der Waals surface area contributed by atoms with E-state index in [4.69, 9.17) is 0 Å². The summed E-state index contributed by atoms with van der Waals surface area (Å²) in [6.07, 6.45) is -3.80. The lowest BCUT2D eigenvalue weighted by Crippen LogP contribution is -2.27. The first-order valence-electron chi connectivity index (χ1n) is 7.89. The lowest BCUT2D eigenvalue weighted by atomic mass is 10.1. The van der Waals surface area contributed by atoms with Crippen LogP contribution in [0.2, 0.25) is 0 Å². The van der Waals surface area contributed by atoms with Crippen molar-refractivity contribution in [1.82, 2.24) is 14.9 Å². The predicted octanol–water partition coefficient (Wildman–Crippen LogP) is 3.16. The minimum Gasteiger partial charge on any atom is -0.387 e. The average molecular weight is 355 g/mol. The van der Waals surface area contributed by atoms with Gasteiger partial charge >= 0.3 is 6.18 Å². The second-order valence-electron chi connectivity index (χ2n) is 6.08. The summed E-state index contributed by atoms with van der Waals surface area (Å²) < 4.78 is 52.0. The molecule has 0 saturated carbocycles. The molecule has 0 bridgehead atoms. The fourth-order valence-electron chi connectivity index (χ4n) is 3.03. The monoisotopic (exact) mass is 355 g/mol. The van der Waals surface area contributed by atoms with Crippen LogP contribution in [0.1, 0.15) is 35.5 Å². The molecule has 8 heteroatoms. The summed E-state index contributed by atoms with van der Waals surface area (Å²) >= 11 is 0. The van der Waals surface area contributed by atoms with Gasteiger partial charge in [0.25, 0.3) is 0 Å². The van der Waals surface area contributed by atoms with E-state index < -0.39 is 23.8 Å². The van der Waals surface area contributed by atoms with Gasteiger partial charge in [0.1, 0.15) is 17.3 Å². The van der Waals surface area contributed by atoms with Crippen LogP contribution in [0, 0.1) is 5.82 Å². The van der Waals surface area contributed by atoms with E-state index in [1.807, 2.05) is 4.90 Å². The van der Waals surface area contributed by atoms with Crippen molar-refractivity contribution in [2.75, 3.05) is 19.6 Å². The molecule has 25 heavy (non-hydrogen) atoms. The number of alkyl halides is 3. The van der Waals surface area contributed by atoms with Gasteiger partial charge in [0, 0.05) is 30.8 Å². The lowest BCUT2D eigenvalue weighted by Gasteiger charge is -2.20. The summed E-state index contributed by atoms with van der Waals surface area (Å²) in [7, 11) is 0. The number of hydrogen-bond acceptors (Lipinski definition) is 4. The molecule has 1 saturated heterocycles. The third-order valence-corrected chi connectivity index (χ3v) is 4.30. The van der Waals surface area contributed by atoms with Gasteiger partial charge in [0.15, 0.2) is 0 Å². The van der Waals surface area contributed by atoms with Crippen LogP contribution >= 0.6 is 0 Å². The Hall–Kier alpha value is -2.06. The van der Waals surface area contributed by atoms with Crippen LogP contribution in [-0.2, 0) is 6.18 Å². The van der Waals surface area contributed by atoms with Gasteiger partial charge in [-0.2, -0.15) is 13.2 Å². The van der Waals surface area contributed by atoms with Crippen LogP contribution in [0.25, 0.3) is 0 Å². The van der Waals surface area contributed by atoms with Crippen LogP contribution in [-0.4, -0.2) is 39.6 Å². The second-order valence-corrected chi connectivity index (χ2v) is 6.08. The topological polar surface area (TPSA) is 49.2 Å². The normalized spacial score (nSPS) is 20.0. The number of nitrogens with zero attached hydrogens (tertiary/aromatic N) is 3. The molecule has 3 rings (SSSR count). The van der Waals surface area contributed by atoms with Gasteiger partial charge in [-0.1, -0.05) is 18.2 Å². The van der Waals surface area contributed by atoms with Crippen molar-refractivity contribution in [3.05, 3.63) is 59.4 Å². The Kier molecular flexibility index (Phi) is 5.01. The van der Waals surface area contributed by atoms with Crippen molar-refractivity contribution in [3.8, 4) is 0 Å². The number of rotatable bonds is 4. The highest BCUT2D eigenvalue weighted by molar-refractivity contribution is 5.20. The molecule has 1 fully saturated rings. The predicted molar refractivity (Wildman–Crippen MR) is 82.2 cm³/mol. The van der Waals surface area contributed by atoms with Crippen LogP contribution < -0.4 is 0 Å². The maximum Gasteiger partial charge on any atom is 0.433 e. The van der Waals surface area contributed by atoms with Crippen LogP contribution in [0.15, 0.2) is 36.5 Å². The highest BCUT2D eigenvalue weighted by atomic mass is 19.4. The molecule has 4 nitrogen and oxygen atoms in total. The van der Waals surface area contributed by atoms with E-state index in [9.17, 15) is 22.7 Å². The summed E-state index contributed by atoms with van der Waals surface area (Å²) in [5.41, 5.74) is -0.747. The van der Waals surface area contributed by atoms with Crippen molar-refractivity contribution in [3.63, 3.8) is 0 Å². The van der Waals surface area contributed by atoms with Crippen molar-refractivity contribution < 1.29 is 22.7 Å². The Bertz CT molecular complexity index is 738. The van der Waals surface area contributed by atoms with E-state index in [0.29, 0.717) is 19.5 Å². The zero-order valence-electron chi connectivity index (χ0n) is 13.2. The summed E-state index contributed by atoms with van der Waals surface area (Å²) in [6.45, 7) is 1.21. The number of likely N-dealkylation sites (tertiary alicyclic amines) is 1. The molecular formula is C17H17F4N3O. The third kappa shape index (κ3) is 4.13. The quantitative estimate of drug-likeness (QED) is 0.856. The SMILES string of the molecule is OC(CN1CCC(c2nccc(C(F)(F)F)n2)C1)c1ccccc1F. The Labute approximate surface area is 142 Å². The molecule has 1 aromatic heterocycles. The van der Waals surface area contributed by atoms with Crippen LogP contribution in [0.4, 0.5) is 17.6 Å². The van der Waals surface area contributed by atoms with Crippen LogP contribution in [0.5, 0.6) is 0 Å². The number of aromatic nitrogens is 2. The first-order valence-corrected chi connectivity index (χ1v) is 7.89. The molecule has 2 heterocycles. The molecule has 0 amide bonds. The molecule has 2 unspecified atom stereocenters. The third-order valence-electron chi connectivity index (χ3n) is 4.30. The minimum atomic E-state index is -4.50. The van der Waals surface area contributed by atoms with Gasteiger partial charge in [-0.3, -0.25) is 4.90 Å². The highest BCUT2D eigenvalue weighted by Gasteiger charge is 2.34. The van der Waals surface area contributed by atoms with E-state index in [1.165, 1.54) is 12.1 Å². The molecule has 0 spiro atoms. The maximum absolute atomic E-state index is 13.7. The first kappa shape index (κ1) is 17.8. The summed E-state index contributed by atoms with van der Waals surface area (Å²) in [5.74, 6) is -0.570. The van der Waals surface area contributed by atoms with Gasteiger partial charge in [-0.05, 0) is 25.1 Å². The van der Waals surface area contributed by atoms with Gasteiger partial charge in [-0.15, -0.1) is 0 Å². The minimum absolute atomic E-state index is 0.151. The van der Waals surface area contributed by atoms with Crippen molar-refractivity contribution >= 4 is 0 Å².